The molecule has 0 aliphatic carbocycles. The van der Waals surface area contributed by atoms with Crippen LogP contribution < -0.4 is 10.1 Å². The standard InChI is InChI=1S/C13H17NO3/c1-8-5-9-3-4-10(7-12(15)16)14-13(9)11(6-8)17-2/h5-6,10,14H,3-4,7H2,1-2H3,(H,15,16). The second-order valence-corrected chi connectivity index (χ2v) is 4.48. The van der Waals surface area contributed by atoms with Crippen LogP contribution in [0.15, 0.2) is 12.1 Å². The molecule has 0 bridgehead atoms. The first-order chi connectivity index (χ1) is 8.10. The van der Waals surface area contributed by atoms with Crippen LogP contribution in [0.3, 0.4) is 0 Å². The van der Waals surface area contributed by atoms with E-state index in [1.807, 2.05) is 13.0 Å². The van der Waals surface area contributed by atoms with Crippen molar-refractivity contribution in [2.24, 2.45) is 0 Å². The number of aryl methyl sites for hydroxylation is 2. The zero-order valence-electron chi connectivity index (χ0n) is 10.1. The molecule has 92 valence electrons. The van der Waals surface area contributed by atoms with E-state index in [1.165, 1.54) is 11.1 Å². The number of benzene rings is 1. The van der Waals surface area contributed by atoms with E-state index in [2.05, 4.69) is 11.4 Å². The lowest BCUT2D eigenvalue weighted by molar-refractivity contribution is -0.137. The maximum absolute atomic E-state index is 10.7. The fraction of sp³-hybridized carbons (Fsp3) is 0.462. The molecular formula is C13H17NO3. The lowest BCUT2D eigenvalue weighted by atomic mass is 9.94. The van der Waals surface area contributed by atoms with E-state index in [0.29, 0.717) is 0 Å². The average Bonchev–Trinajstić information content (AvgIpc) is 2.27. The number of carboxylic acid groups (broad SMARTS) is 1. The zero-order chi connectivity index (χ0) is 12.4. The number of hydrogen-bond donors (Lipinski definition) is 2. The summed E-state index contributed by atoms with van der Waals surface area (Å²) >= 11 is 0. The van der Waals surface area contributed by atoms with Gasteiger partial charge in [0.25, 0.3) is 0 Å². The zero-order valence-corrected chi connectivity index (χ0v) is 10.1. The van der Waals surface area contributed by atoms with Crippen LogP contribution in [0.25, 0.3) is 0 Å². The maximum atomic E-state index is 10.7. The Hall–Kier alpha value is -1.71. The molecule has 1 atom stereocenters. The lowest BCUT2D eigenvalue weighted by Crippen LogP contribution is -2.28. The third-order valence-corrected chi connectivity index (χ3v) is 3.08. The van der Waals surface area contributed by atoms with Crippen LogP contribution in [-0.4, -0.2) is 24.2 Å². The molecule has 1 unspecified atom stereocenters. The van der Waals surface area contributed by atoms with Gasteiger partial charge in [-0.1, -0.05) is 6.07 Å². The third-order valence-electron chi connectivity index (χ3n) is 3.08. The second-order valence-electron chi connectivity index (χ2n) is 4.48. The summed E-state index contributed by atoms with van der Waals surface area (Å²) < 4.78 is 5.34. The van der Waals surface area contributed by atoms with Crippen molar-refractivity contribution in [2.45, 2.75) is 32.2 Å². The predicted molar refractivity (Wildman–Crippen MR) is 65.7 cm³/mol. The Bertz CT molecular complexity index is 425. The largest absolute Gasteiger partial charge is 0.495 e. The Labute approximate surface area is 101 Å². The molecule has 1 heterocycles. The SMILES string of the molecule is COc1cc(C)cc2c1NC(CC(=O)O)CC2. The number of rotatable bonds is 3. The van der Waals surface area contributed by atoms with Gasteiger partial charge in [-0.25, -0.2) is 0 Å². The highest BCUT2D eigenvalue weighted by Crippen LogP contribution is 2.35. The third kappa shape index (κ3) is 2.52. The van der Waals surface area contributed by atoms with Crippen LogP contribution in [0, 0.1) is 6.92 Å². The van der Waals surface area contributed by atoms with E-state index in [-0.39, 0.29) is 12.5 Å². The average molecular weight is 235 g/mol. The van der Waals surface area contributed by atoms with Gasteiger partial charge in [-0.05, 0) is 37.0 Å². The number of methoxy groups -OCH3 is 1. The van der Waals surface area contributed by atoms with Crippen LogP contribution in [0.2, 0.25) is 0 Å². The normalized spacial score (nSPS) is 18.1. The van der Waals surface area contributed by atoms with E-state index < -0.39 is 5.97 Å². The molecule has 0 amide bonds. The highest BCUT2D eigenvalue weighted by molar-refractivity contribution is 5.70. The molecule has 0 saturated carbocycles. The molecule has 17 heavy (non-hydrogen) atoms. The van der Waals surface area contributed by atoms with Crippen LogP contribution in [-0.2, 0) is 11.2 Å². The Balaban J connectivity index is 2.27. The van der Waals surface area contributed by atoms with E-state index >= 15 is 0 Å². The van der Waals surface area contributed by atoms with E-state index in [1.54, 1.807) is 7.11 Å². The molecule has 0 saturated heterocycles. The molecule has 1 aromatic rings. The molecule has 1 aliphatic rings. The van der Waals surface area contributed by atoms with E-state index in [9.17, 15) is 4.79 Å². The van der Waals surface area contributed by atoms with Gasteiger partial charge in [0.2, 0.25) is 0 Å². The Kier molecular flexibility index (Phi) is 3.22. The van der Waals surface area contributed by atoms with Gasteiger partial charge < -0.3 is 15.2 Å². The number of carbonyl (C=O) groups is 1. The van der Waals surface area contributed by atoms with Gasteiger partial charge in [0.1, 0.15) is 5.75 Å². The van der Waals surface area contributed by atoms with Crippen LogP contribution in [0.4, 0.5) is 5.69 Å². The predicted octanol–water partition coefficient (Wildman–Crippen LogP) is 2.21. The van der Waals surface area contributed by atoms with Gasteiger partial charge in [-0.3, -0.25) is 4.79 Å². The van der Waals surface area contributed by atoms with Crippen molar-refractivity contribution in [3.8, 4) is 5.75 Å². The summed E-state index contributed by atoms with van der Waals surface area (Å²) in [7, 11) is 1.64. The molecular weight excluding hydrogens is 218 g/mol. The second kappa shape index (κ2) is 4.65. The number of carboxylic acids is 1. The summed E-state index contributed by atoms with van der Waals surface area (Å²) in [5.41, 5.74) is 3.33. The van der Waals surface area contributed by atoms with Crippen LogP contribution in [0.1, 0.15) is 24.0 Å². The number of hydrogen-bond acceptors (Lipinski definition) is 3. The summed E-state index contributed by atoms with van der Waals surface area (Å²) in [6.45, 7) is 2.03. The molecule has 0 spiro atoms. The van der Waals surface area contributed by atoms with Gasteiger partial charge in [-0.15, -0.1) is 0 Å². The molecule has 0 aromatic heterocycles. The number of fused-ring (bicyclic) bond motifs is 1. The van der Waals surface area contributed by atoms with Crippen molar-refractivity contribution in [3.63, 3.8) is 0 Å². The minimum Gasteiger partial charge on any atom is -0.495 e. The Morgan fingerprint density at radius 1 is 1.59 bits per heavy atom. The number of nitrogens with one attached hydrogen (secondary N) is 1. The molecule has 1 aliphatic heterocycles. The number of anilines is 1. The summed E-state index contributed by atoms with van der Waals surface area (Å²) in [4.78, 5) is 10.7. The van der Waals surface area contributed by atoms with Gasteiger partial charge >= 0.3 is 5.97 Å². The number of aliphatic carboxylic acids is 1. The first-order valence-corrected chi connectivity index (χ1v) is 5.76. The minimum absolute atomic E-state index is 0.00314. The van der Waals surface area contributed by atoms with Crippen molar-refractivity contribution in [1.82, 2.24) is 0 Å². The van der Waals surface area contributed by atoms with E-state index in [4.69, 9.17) is 9.84 Å². The summed E-state index contributed by atoms with van der Waals surface area (Å²) in [6.07, 6.45) is 1.90. The molecule has 0 radical (unpaired) electrons. The molecule has 1 aromatic carbocycles. The topological polar surface area (TPSA) is 58.6 Å². The van der Waals surface area contributed by atoms with Crippen LogP contribution in [0.5, 0.6) is 5.75 Å². The van der Waals surface area contributed by atoms with Gasteiger partial charge in [-0.2, -0.15) is 0 Å². The Morgan fingerprint density at radius 2 is 2.35 bits per heavy atom. The molecule has 4 nitrogen and oxygen atoms in total. The van der Waals surface area contributed by atoms with Crippen molar-refractivity contribution in [3.05, 3.63) is 23.3 Å². The number of ether oxygens (including phenoxy) is 1. The van der Waals surface area contributed by atoms with Gasteiger partial charge in [0.15, 0.2) is 0 Å². The lowest BCUT2D eigenvalue weighted by Gasteiger charge is -2.27. The first-order valence-electron chi connectivity index (χ1n) is 5.76. The van der Waals surface area contributed by atoms with Crippen LogP contribution >= 0.6 is 0 Å². The molecule has 2 rings (SSSR count). The smallest absolute Gasteiger partial charge is 0.305 e. The monoisotopic (exact) mass is 235 g/mol. The highest BCUT2D eigenvalue weighted by atomic mass is 16.5. The summed E-state index contributed by atoms with van der Waals surface area (Å²) in [5, 5.41) is 12.1. The van der Waals surface area contributed by atoms with E-state index in [0.717, 1.165) is 24.3 Å². The Morgan fingerprint density at radius 3 is 3.00 bits per heavy atom. The first kappa shape index (κ1) is 11.8. The quantitative estimate of drug-likeness (QED) is 0.843. The van der Waals surface area contributed by atoms with Crippen molar-refractivity contribution in [1.29, 1.82) is 0 Å². The van der Waals surface area contributed by atoms with Gasteiger partial charge in [0.05, 0.1) is 19.2 Å². The van der Waals surface area contributed by atoms with Gasteiger partial charge in [0, 0.05) is 6.04 Å². The molecule has 2 N–H and O–H groups in total. The molecule has 4 heteroatoms. The van der Waals surface area contributed by atoms with Crippen molar-refractivity contribution in [2.75, 3.05) is 12.4 Å². The molecule has 0 fully saturated rings. The minimum atomic E-state index is -0.767. The fourth-order valence-corrected chi connectivity index (χ4v) is 2.32. The van der Waals surface area contributed by atoms with Crippen molar-refractivity contribution >= 4 is 11.7 Å². The summed E-state index contributed by atoms with van der Waals surface area (Å²) in [6, 6.07) is 4.09. The fourth-order valence-electron chi connectivity index (χ4n) is 2.32. The summed E-state index contributed by atoms with van der Waals surface area (Å²) in [5.74, 6) is 0.0344. The highest BCUT2D eigenvalue weighted by Gasteiger charge is 2.22. The van der Waals surface area contributed by atoms with Crippen molar-refractivity contribution < 1.29 is 14.6 Å². The maximum Gasteiger partial charge on any atom is 0.305 e.